The molecular weight excluding hydrogens is 316 g/mol. The Morgan fingerprint density at radius 2 is 1.76 bits per heavy atom. The monoisotopic (exact) mass is 350 g/mol. The predicted octanol–water partition coefficient (Wildman–Crippen LogP) is 2.29. The standard InChI is InChI=1S/C20H34N2O3/c1-21-18(15-25-14-16-2-3-16)4-7-20(21)8-10-22(11-9-20)19(23)17-5-12-24-13-6-17/h16-18H,2-15H2,1H3/t18-/m1/s1. The van der Waals surface area contributed by atoms with Crippen LogP contribution in [0, 0.1) is 11.8 Å². The Kier molecular flexibility index (Phi) is 5.35. The lowest BCUT2D eigenvalue weighted by Gasteiger charge is -2.45. The van der Waals surface area contributed by atoms with Crippen LogP contribution in [0.5, 0.6) is 0 Å². The first-order valence-electron chi connectivity index (χ1n) is 10.4. The van der Waals surface area contributed by atoms with Gasteiger partial charge in [0, 0.05) is 50.4 Å². The van der Waals surface area contributed by atoms with Crippen molar-refractivity contribution >= 4 is 5.91 Å². The van der Waals surface area contributed by atoms with E-state index in [1.54, 1.807) is 0 Å². The first kappa shape index (κ1) is 17.7. The van der Waals surface area contributed by atoms with Gasteiger partial charge < -0.3 is 14.4 Å². The fourth-order valence-electron chi connectivity index (χ4n) is 4.99. The second-order valence-electron chi connectivity index (χ2n) is 8.72. The van der Waals surface area contributed by atoms with E-state index in [0.29, 0.717) is 17.5 Å². The summed E-state index contributed by atoms with van der Waals surface area (Å²) in [5.41, 5.74) is 0.306. The molecule has 0 N–H and O–H groups in total. The smallest absolute Gasteiger partial charge is 0.225 e. The van der Waals surface area contributed by atoms with Gasteiger partial charge in [-0.3, -0.25) is 9.69 Å². The number of piperidine rings is 1. The van der Waals surface area contributed by atoms with Gasteiger partial charge in [0.1, 0.15) is 0 Å². The molecule has 142 valence electrons. The minimum atomic E-state index is 0.202. The Bertz CT molecular complexity index is 466. The van der Waals surface area contributed by atoms with Gasteiger partial charge in [-0.25, -0.2) is 0 Å². The Hall–Kier alpha value is -0.650. The minimum Gasteiger partial charge on any atom is -0.381 e. The molecule has 4 rings (SSSR count). The quantitative estimate of drug-likeness (QED) is 0.763. The average Bonchev–Trinajstić information content (AvgIpc) is 3.44. The number of likely N-dealkylation sites (N-methyl/N-ethyl adjacent to an activating group) is 1. The van der Waals surface area contributed by atoms with Crippen LogP contribution in [0.1, 0.15) is 51.4 Å². The Balaban J connectivity index is 1.26. The van der Waals surface area contributed by atoms with Gasteiger partial charge in [-0.15, -0.1) is 0 Å². The number of rotatable bonds is 5. The van der Waals surface area contributed by atoms with Crippen LogP contribution in [-0.2, 0) is 14.3 Å². The van der Waals surface area contributed by atoms with Gasteiger partial charge in [0.2, 0.25) is 5.91 Å². The van der Waals surface area contributed by atoms with Gasteiger partial charge in [0.15, 0.2) is 0 Å². The molecule has 0 bridgehead atoms. The molecule has 5 nitrogen and oxygen atoms in total. The second kappa shape index (κ2) is 7.53. The summed E-state index contributed by atoms with van der Waals surface area (Å²) in [7, 11) is 2.29. The maximum Gasteiger partial charge on any atom is 0.225 e. The average molecular weight is 351 g/mol. The molecule has 3 saturated heterocycles. The number of amides is 1. The number of nitrogens with zero attached hydrogens (tertiary/aromatic N) is 2. The molecular formula is C20H34N2O3. The summed E-state index contributed by atoms with van der Waals surface area (Å²) < 4.78 is 11.4. The Labute approximate surface area is 152 Å². The van der Waals surface area contributed by atoms with E-state index in [-0.39, 0.29) is 5.92 Å². The maximum atomic E-state index is 12.8. The van der Waals surface area contributed by atoms with Crippen molar-refractivity contribution in [1.82, 2.24) is 9.80 Å². The summed E-state index contributed by atoms with van der Waals surface area (Å²) in [6.07, 6.45) is 9.29. The summed E-state index contributed by atoms with van der Waals surface area (Å²) >= 11 is 0. The molecule has 1 spiro atoms. The Morgan fingerprint density at radius 3 is 2.44 bits per heavy atom. The van der Waals surface area contributed by atoms with Crippen LogP contribution in [0.15, 0.2) is 0 Å². The number of carbonyl (C=O) groups excluding carboxylic acids is 1. The molecule has 5 heteroatoms. The van der Waals surface area contributed by atoms with Crippen molar-refractivity contribution in [3.63, 3.8) is 0 Å². The van der Waals surface area contributed by atoms with Crippen molar-refractivity contribution in [2.24, 2.45) is 11.8 Å². The highest BCUT2D eigenvalue weighted by Crippen LogP contribution is 2.41. The summed E-state index contributed by atoms with van der Waals surface area (Å²) in [6, 6.07) is 0.566. The van der Waals surface area contributed by atoms with Gasteiger partial charge in [-0.05, 0) is 64.3 Å². The van der Waals surface area contributed by atoms with E-state index in [4.69, 9.17) is 9.47 Å². The molecule has 3 heterocycles. The molecule has 4 fully saturated rings. The molecule has 0 aromatic heterocycles. The highest BCUT2D eigenvalue weighted by Gasteiger charge is 2.46. The van der Waals surface area contributed by atoms with E-state index in [1.165, 1.54) is 25.7 Å². The van der Waals surface area contributed by atoms with Crippen LogP contribution in [0.25, 0.3) is 0 Å². The highest BCUT2D eigenvalue weighted by molar-refractivity contribution is 5.79. The number of ether oxygens (including phenoxy) is 2. The lowest BCUT2D eigenvalue weighted by Crippen LogP contribution is -2.55. The lowest BCUT2D eigenvalue weighted by atomic mass is 9.84. The first-order chi connectivity index (χ1) is 12.2. The van der Waals surface area contributed by atoms with Crippen LogP contribution >= 0.6 is 0 Å². The fourth-order valence-corrected chi connectivity index (χ4v) is 4.99. The zero-order valence-corrected chi connectivity index (χ0v) is 15.8. The largest absolute Gasteiger partial charge is 0.381 e. The van der Waals surface area contributed by atoms with Crippen LogP contribution in [0.3, 0.4) is 0 Å². The van der Waals surface area contributed by atoms with Crippen molar-refractivity contribution in [3.8, 4) is 0 Å². The van der Waals surface area contributed by atoms with Crippen molar-refractivity contribution in [1.29, 1.82) is 0 Å². The van der Waals surface area contributed by atoms with Gasteiger partial charge in [0.25, 0.3) is 0 Å². The first-order valence-corrected chi connectivity index (χ1v) is 10.4. The van der Waals surface area contributed by atoms with Crippen LogP contribution in [0.2, 0.25) is 0 Å². The van der Waals surface area contributed by atoms with E-state index in [2.05, 4.69) is 16.8 Å². The third-order valence-electron chi connectivity index (χ3n) is 7.18. The molecule has 0 radical (unpaired) electrons. The molecule has 1 aliphatic carbocycles. The van der Waals surface area contributed by atoms with Crippen molar-refractivity contribution in [2.75, 3.05) is 46.6 Å². The zero-order chi connectivity index (χ0) is 17.3. The number of carbonyl (C=O) groups is 1. The molecule has 1 amide bonds. The summed E-state index contributed by atoms with van der Waals surface area (Å²) in [4.78, 5) is 17.5. The van der Waals surface area contributed by atoms with E-state index in [0.717, 1.165) is 71.1 Å². The van der Waals surface area contributed by atoms with Crippen molar-refractivity contribution < 1.29 is 14.3 Å². The topological polar surface area (TPSA) is 42.0 Å². The number of hydrogen-bond donors (Lipinski definition) is 0. The van der Waals surface area contributed by atoms with Crippen LogP contribution < -0.4 is 0 Å². The van der Waals surface area contributed by atoms with E-state index in [9.17, 15) is 4.79 Å². The maximum absolute atomic E-state index is 12.8. The van der Waals surface area contributed by atoms with E-state index >= 15 is 0 Å². The lowest BCUT2D eigenvalue weighted by molar-refractivity contribution is -0.141. The summed E-state index contributed by atoms with van der Waals surface area (Å²) in [5.74, 6) is 1.43. The normalized spacial score (nSPS) is 30.9. The van der Waals surface area contributed by atoms with Crippen molar-refractivity contribution in [3.05, 3.63) is 0 Å². The van der Waals surface area contributed by atoms with Gasteiger partial charge in [-0.2, -0.15) is 0 Å². The SMILES string of the molecule is CN1[C@@H](COCC2CC2)CCC12CCN(C(=O)C1CCOCC1)CC2. The van der Waals surface area contributed by atoms with Crippen molar-refractivity contribution in [2.45, 2.75) is 62.9 Å². The van der Waals surface area contributed by atoms with Crippen LogP contribution in [0.4, 0.5) is 0 Å². The second-order valence-corrected chi connectivity index (χ2v) is 8.72. The van der Waals surface area contributed by atoms with Crippen LogP contribution in [-0.4, -0.2) is 73.9 Å². The Morgan fingerprint density at radius 1 is 1.04 bits per heavy atom. The fraction of sp³-hybridized carbons (Fsp3) is 0.950. The zero-order valence-electron chi connectivity index (χ0n) is 15.8. The molecule has 4 aliphatic rings. The third kappa shape index (κ3) is 3.88. The molecule has 1 atom stereocenters. The van der Waals surface area contributed by atoms with Gasteiger partial charge in [0.05, 0.1) is 6.61 Å². The molecule has 1 saturated carbocycles. The summed E-state index contributed by atoms with van der Waals surface area (Å²) in [5, 5.41) is 0. The van der Waals surface area contributed by atoms with Gasteiger partial charge >= 0.3 is 0 Å². The molecule has 0 aromatic carbocycles. The number of likely N-dealkylation sites (tertiary alicyclic amines) is 2. The number of hydrogen-bond acceptors (Lipinski definition) is 4. The van der Waals surface area contributed by atoms with E-state index in [1.807, 2.05) is 0 Å². The highest BCUT2D eigenvalue weighted by atomic mass is 16.5. The molecule has 25 heavy (non-hydrogen) atoms. The minimum absolute atomic E-state index is 0.202. The molecule has 3 aliphatic heterocycles. The molecule has 0 aromatic rings. The summed E-state index contributed by atoms with van der Waals surface area (Å²) in [6.45, 7) is 5.20. The van der Waals surface area contributed by atoms with Gasteiger partial charge in [-0.1, -0.05) is 0 Å². The van der Waals surface area contributed by atoms with E-state index < -0.39 is 0 Å². The third-order valence-corrected chi connectivity index (χ3v) is 7.18. The predicted molar refractivity (Wildman–Crippen MR) is 96.4 cm³/mol. The molecule has 0 unspecified atom stereocenters.